The maximum atomic E-state index is 14.7. The standard InChI is InChI=1S/C29H32Cl2FN3O4S/c1-3-33-29(37)27(18-21-10-5-4-6-11-21)34(20-22-12-7-8-13-25(22)32)28(36)14-9-17-35(40(2,38)39)26-19-23(30)15-16-24(26)31/h4-8,10-13,15-16,19,27H,3,9,14,17-18,20H2,1-2H3,(H,33,37)/t27-/m0/s1. The largest absolute Gasteiger partial charge is 0.355 e. The van der Waals surface area contributed by atoms with Crippen LogP contribution in [-0.2, 0) is 32.6 Å². The Morgan fingerprint density at radius 3 is 2.33 bits per heavy atom. The van der Waals surface area contributed by atoms with E-state index in [1.165, 1.54) is 23.1 Å². The van der Waals surface area contributed by atoms with Gasteiger partial charge in [0.05, 0.1) is 17.0 Å². The monoisotopic (exact) mass is 607 g/mol. The van der Waals surface area contributed by atoms with Gasteiger partial charge in [-0.1, -0.05) is 71.7 Å². The molecule has 1 atom stereocenters. The fraction of sp³-hybridized carbons (Fsp3) is 0.310. The van der Waals surface area contributed by atoms with Gasteiger partial charge in [-0.15, -0.1) is 0 Å². The van der Waals surface area contributed by atoms with Crippen LogP contribution in [-0.4, -0.2) is 50.5 Å². The summed E-state index contributed by atoms with van der Waals surface area (Å²) in [6, 6.07) is 18.9. The van der Waals surface area contributed by atoms with E-state index < -0.39 is 27.8 Å². The van der Waals surface area contributed by atoms with Gasteiger partial charge in [0.2, 0.25) is 21.8 Å². The van der Waals surface area contributed by atoms with Gasteiger partial charge in [0.15, 0.2) is 0 Å². The molecular weight excluding hydrogens is 576 g/mol. The predicted octanol–water partition coefficient (Wildman–Crippen LogP) is 5.45. The molecule has 214 valence electrons. The summed E-state index contributed by atoms with van der Waals surface area (Å²) in [5.74, 6) is -1.27. The molecule has 0 aliphatic carbocycles. The molecule has 1 N–H and O–H groups in total. The second-order valence-electron chi connectivity index (χ2n) is 9.25. The van der Waals surface area contributed by atoms with Crippen LogP contribution < -0.4 is 9.62 Å². The van der Waals surface area contributed by atoms with E-state index in [2.05, 4.69) is 5.32 Å². The Kier molecular flexibility index (Phi) is 11.4. The number of nitrogens with one attached hydrogen (secondary N) is 1. The van der Waals surface area contributed by atoms with Crippen LogP contribution in [0, 0.1) is 5.82 Å². The lowest BCUT2D eigenvalue weighted by Gasteiger charge is -2.32. The number of likely N-dealkylation sites (N-methyl/N-ethyl adjacent to an activating group) is 1. The highest BCUT2D eigenvalue weighted by Gasteiger charge is 2.31. The number of benzene rings is 3. The van der Waals surface area contributed by atoms with Gasteiger partial charge in [0.25, 0.3) is 0 Å². The molecule has 0 radical (unpaired) electrons. The maximum Gasteiger partial charge on any atom is 0.243 e. The number of halogens is 3. The van der Waals surface area contributed by atoms with Crippen LogP contribution >= 0.6 is 23.2 Å². The molecule has 2 amide bonds. The lowest BCUT2D eigenvalue weighted by molar-refractivity contribution is -0.141. The third-order valence-corrected chi connectivity index (χ3v) is 7.98. The molecule has 3 rings (SSSR count). The van der Waals surface area contributed by atoms with Gasteiger partial charge >= 0.3 is 0 Å². The molecule has 0 fully saturated rings. The number of rotatable bonds is 13. The zero-order valence-electron chi connectivity index (χ0n) is 22.3. The highest BCUT2D eigenvalue weighted by molar-refractivity contribution is 7.92. The summed E-state index contributed by atoms with van der Waals surface area (Å²) < 4.78 is 40.9. The van der Waals surface area contributed by atoms with Crippen LogP contribution in [0.15, 0.2) is 72.8 Å². The molecule has 0 unspecified atom stereocenters. The minimum atomic E-state index is -3.76. The first-order valence-corrected chi connectivity index (χ1v) is 15.4. The summed E-state index contributed by atoms with van der Waals surface area (Å²) in [5.41, 5.74) is 1.31. The van der Waals surface area contributed by atoms with Crippen molar-refractivity contribution in [1.82, 2.24) is 10.2 Å². The fourth-order valence-corrected chi connectivity index (χ4v) is 5.72. The average Bonchev–Trinajstić information content (AvgIpc) is 2.91. The van der Waals surface area contributed by atoms with Crippen molar-refractivity contribution in [3.63, 3.8) is 0 Å². The van der Waals surface area contributed by atoms with Gasteiger partial charge in [0.1, 0.15) is 11.9 Å². The molecule has 0 saturated carbocycles. The van der Waals surface area contributed by atoms with Crippen LogP contribution in [0.25, 0.3) is 0 Å². The Hall–Kier alpha value is -3.14. The van der Waals surface area contributed by atoms with E-state index in [1.54, 1.807) is 31.2 Å². The highest BCUT2D eigenvalue weighted by Crippen LogP contribution is 2.31. The minimum absolute atomic E-state index is 0.0529. The molecule has 0 heterocycles. The van der Waals surface area contributed by atoms with Crippen molar-refractivity contribution in [2.24, 2.45) is 0 Å². The second kappa shape index (κ2) is 14.5. The summed E-state index contributed by atoms with van der Waals surface area (Å²) in [6.45, 7) is 1.95. The molecule has 0 aliphatic rings. The summed E-state index contributed by atoms with van der Waals surface area (Å²) in [6.07, 6.45) is 1.29. The number of sulfonamides is 1. The number of hydrogen-bond donors (Lipinski definition) is 1. The number of nitrogens with zero attached hydrogens (tertiary/aromatic N) is 2. The van der Waals surface area contributed by atoms with Gasteiger partial charge in [-0.05, 0) is 43.2 Å². The van der Waals surface area contributed by atoms with Crippen LogP contribution in [0.2, 0.25) is 10.0 Å². The highest BCUT2D eigenvalue weighted by atomic mass is 35.5. The molecule has 0 spiro atoms. The third-order valence-electron chi connectivity index (χ3n) is 6.25. The molecule has 0 aromatic heterocycles. The molecule has 3 aromatic carbocycles. The summed E-state index contributed by atoms with van der Waals surface area (Å²) in [5, 5.41) is 3.29. The Labute approximate surface area is 244 Å². The van der Waals surface area contributed by atoms with Crippen molar-refractivity contribution >= 4 is 50.7 Å². The predicted molar refractivity (Wildman–Crippen MR) is 157 cm³/mol. The van der Waals surface area contributed by atoms with Gasteiger partial charge in [-0.25, -0.2) is 12.8 Å². The van der Waals surface area contributed by atoms with Crippen molar-refractivity contribution < 1.29 is 22.4 Å². The van der Waals surface area contributed by atoms with Crippen LogP contribution in [0.3, 0.4) is 0 Å². The smallest absolute Gasteiger partial charge is 0.243 e. The molecule has 3 aromatic rings. The molecule has 0 aliphatic heterocycles. The zero-order chi connectivity index (χ0) is 29.3. The third kappa shape index (κ3) is 8.68. The van der Waals surface area contributed by atoms with E-state index in [-0.39, 0.29) is 54.5 Å². The van der Waals surface area contributed by atoms with E-state index in [1.807, 2.05) is 30.3 Å². The first kappa shape index (κ1) is 31.4. The van der Waals surface area contributed by atoms with Crippen molar-refractivity contribution in [1.29, 1.82) is 0 Å². The van der Waals surface area contributed by atoms with E-state index in [4.69, 9.17) is 23.2 Å². The topological polar surface area (TPSA) is 86.8 Å². The van der Waals surface area contributed by atoms with Gasteiger partial charge in [-0.2, -0.15) is 0 Å². The maximum absolute atomic E-state index is 14.7. The lowest BCUT2D eigenvalue weighted by atomic mass is 10.0. The van der Waals surface area contributed by atoms with E-state index >= 15 is 0 Å². The van der Waals surface area contributed by atoms with E-state index in [0.29, 0.717) is 11.6 Å². The lowest BCUT2D eigenvalue weighted by Crippen LogP contribution is -2.50. The first-order chi connectivity index (χ1) is 19.0. The molecule has 0 saturated heterocycles. The van der Waals surface area contributed by atoms with Gasteiger partial charge < -0.3 is 10.2 Å². The second-order valence-corrected chi connectivity index (χ2v) is 12.0. The summed E-state index contributed by atoms with van der Waals surface area (Å²) >= 11 is 12.3. The van der Waals surface area contributed by atoms with Crippen molar-refractivity contribution in [3.05, 3.63) is 99.8 Å². The van der Waals surface area contributed by atoms with Gasteiger partial charge in [0, 0.05) is 43.1 Å². The zero-order valence-corrected chi connectivity index (χ0v) is 24.6. The Bertz CT molecular complexity index is 1420. The first-order valence-electron chi connectivity index (χ1n) is 12.8. The Balaban J connectivity index is 1.89. The number of hydrogen-bond acceptors (Lipinski definition) is 4. The molecule has 40 heavy (non-hydrogen) atoms. The Morgan fingerprint density at radius 2 is 1.68 bits per heavy atom. The van der Waals surface area contributed by atoms with E-state index in [9.17, 15) is 22.4 Å². The van der Waals surface area contributed by atoms with Crippen molar-refractivity contribution in [3.8, 4) is 0 Å². The summed E-state index contributed by atoms with van der Waals surface area (Å²) in [7, 11) is -3.76. The van der Waals surface area contributed by atoms with Crippen molar-refractivity contribution in [2.75, 3.05) is 23.7 Å². The molecule has 0 bridgehead atoms. The summed E-state index contributed by atoms with van der Waals surface area (Å²) in [4.78, 5) is 28.3. The van der Waals surface area contributed by atoms with Crippen molar-refractivity contribution in [2.45, 2.75) is 38.8 Å². The SMILES string of the molecule is CCNC(=O)[C@H](Cc1ccccc1)N(Cc1ccccc1F)C(=O)CCCN(c1cc(Cl)ccc1Cl)S(C)(=O)=O. The fourth-order valence-electron chi connectivity index (χ4n) is 4.32. The normalized spacial score (nSPS) is 12.0. The molecule has 7 nitrogen and oxygen atoms in total. The molecular formula is C29H32Cl2FN3O4S. The van der Waals surface area contributed by atoms with Crippen LogP contribution in [0.4, 0.5) is 10.1 Å². The quantitative estimate of drug-likeness (QED) is 0.280. The van der Waals surface area contributed by atoms with E-state index in [0.717, 1.165) is 16.1 Å². The minimum Gasteiger partial charge on any atom is -0.355 e. The Morgan fingerprint density at radius 1 is 1.00 bits per heavy atom. The number of carbonyl (C=O) groups is 2. The number of carbonyl (C=O) groups excluding carboxylic acids is 2. The van der Waals surface area contributed by atoms with Gasteiger partial charge in [-0.3, -0.25) is 13.9 Å². The van der Waals surface area contributed by atoms with Crippen LogP contribution in [0.1, 0.15) is 30.9 Å². The number of anilines is 1. The van der Waals surface area contributed by atoms with Crippen LogP contribution in [0.5, 0.6) is 0 Å². The average molecular weight is 609 g/mol. The number of amides is 2. The molecule has 11 heteroatoms.